The first-order chi connectivity index (χ1) is 16.5. The molecule has 7 nitrogen and oxygen atoms in total. The number of nitrogens with zero attached hydrogens (tertiary/aromatic N) is 1. The van der Waals surface area contributed by atoms with E-state index >= 15 is 4.39 Å². The number of aliphatic hydroxyl groups excluding tert-OH is 2. The Labute approximate surface area is 210 Å². The van der Waals surface area contributed by atoms with E-state index in [1.165, 1.54) is 17.4 Å². The zero-order valence-corrected chi connectivity index (χ0v) is 21.6. The molecule has 0 bridgehead atoms. The van der Waals surface area contributed by atoms with Crippen LogP contribution in [-0.4, -0.2) is 58.0 Å². The Hall–Kier alpha value is -1.94. The number of hydrogen-bond acceptors (Lipinski definition) is 8. The molecule has 0 aromatic carbocycles. The number of esters is 1. The monoisotopic (exact) mass is 509 g/mol. The third-order valence-corrected chi connectivity index (χ3v) is 7.99. The van der Waals surface area contributed by atoms with Crippen molar-refractivity contribution in [2.24, 2.45) is 11.3 Å². The highest BCUT2D eigenvalue weighted by atomic mass is 32.1. The first-order valence-electron chi connectivity index (χ1n) is 12.2. The van der Waals surface area contributed by atoms with Crippen molar-refractivity contribution in [2.75, 3.05) is 6.61 Å². The van der Waals surface area contributed by atoms with Crippen molar-refractivity contribution in [3.8, 4) is 0 Å². The summed E-state index contributed by atoms with van der Waals surface area (Å²) >= 11 is 1.39. The van der Waals surface area contributed by atoms with Crippen LogP contribution in [0, 0.1) is 18.3 Å². The third-order valence-electron chi connectivity index (χ3n) is 7.20. The number of aryl methyl sites for hydroxylation is 1. The number of carbonyl (C=O) groups is 2. The van der Waals surface area contributed by atoms with Crippen molar-refractivity contribution in [2.45, 2.75) is 90.6 Å². The molecule has 1 aromatic rings. The predicted molar refractivity (Wildman–Crippen MR) is 131 cm³/mol. The Morgan fingerprint density at radius 3 is 2.57 bits per heavy atom. The Bertz CT molecular complexity index is 969. The van der Waals surface area contributed by atoms with Gasteiger partial charge in [-0.15, -0.1) is 11.3 Å². The standard InChI is InChI=1S/C26H36FNO6S/c1-15-6-7-21(20(27)12-19-14-35-18(4)28-19)34-23(30)13-22(29)26(9-5-10-26)25(32)16(2)24(31)17(3)33-11-8-15/h6,12,14,16-17,21-22,24,29,31H,5,7-11,13H2,1-4H3/b15-6-,20-12-/t16-,17-,21+,22+,24+/m1/s1. The van der Waals surface area contributed by atoms with Crippen LogP contribution in [0.1, 0.15) is 70.0 Å². The highest BCUT2D eigenvalue weighted by Crippen LogP contribution is 2.48. The molecule has 0 unspecified atom stereocenters. The number of Topliss-reactive ketones (excluding diaryl/α,β-unsaturated/α-hetero) is 1. The lowest BCUT2D eigenvalue weighted by atomic mass is 9.59. The van der Waals surface area contributed by atoms with Crippen LogP contribution >= 0.6 is 11.3 Å². The van der Waals surface area contributed by atoms with E-state index in [9.17, 15) is 19.8 Å². The highest BCUT2D eigenvalue weighted by Gasteiger charge is 2.52. The van der Waals surface area contributed by atoms with Crippen molar-refractivity contribution < 1.29 is 33.7 Å². The number of carbonyl (C=O) groups excluding carboxylic acids is 2. The SMILES string of the molecule is C/C1=C/C[C@@H](/C(F)=C/c2csc(C)n2)OC(=O)C[C@H](O)C2(CCC2)C(=O)[C@H](C)[C@H](O)[C@@H](C)OCC1. The van der Waals surface area contributed by atoms with Crippen LogP contribution in [-0.2, 0) is 19.1 Å². The van der Waals surface area contributed by atoms with Crippen LogP contribution in [0.15, 0.2) is 22.9 Å². The Morgan fingerprint density at radius 1 is 1.26 bits per heavy atom. The Kier molecular flexibility index (Phi) is 9.37. The van der Waals surface area contributed by atoms with E-state index in [0.29, 0.717) is 31.6 Å². The second-order valence-corrected chi connectivity index (χ2v) is 10.8. The third kappa shape index (κ3) is 6.64. The van der Waals surface area contributed by atoms with Gasteiger partial charge >= 0.3 is 5.97 Å². The second-order valence-electron chi connectivity index (χ2n) is 9.78. The van der Waals surface area contributed by atoms with E-state index in [1.54, 1.807) is 25.3 Å². The maximum absolute atomic E-state index is 15.2. The molecule has 2 N–H and O–H groups in total. The molecule has 5 atom stereocenters. The number of aromatic nitrogens is 1. The van der Waals surface area contributed by atoms with Gasteiger partial charge < -0.3 is 19.7 Å². The van der Waals surface area contributed by atoms with Crippen LogP contribution in [0.2, 0.25) is 0 Å². The molecular weight excluding hydrogens is 473 g/mol. The van der Waals surface area contributed by atoms with Gasteiger partial charge in [-0.3, -0.25) is 9.59 Å². The summed E-state index contributed by atoms with van der Waals surface area (Å²) in [4.78, 5) is 30.3. The van der Waals surface area contributed by atoms with Gasteiger partial charge in [0.2, 0.25) is 0 Å². The van der Waals surface area contributed by atoms with E-state index in [-0.39, 0.29) is 12.2 Å². The first-order valence-corrected chi connectivity index (χ1v) is 13.1. The van der Waals surface area contributed by atoms with E-state index in [1.807, 2.05) is 13.8 Å². The Morgan fingerprint density at radius 2 is 1.97 bits per heavy atom. The van der Waals surface area contributed by atoms with Gasteiger partial charge in [-0.1, -0.05) is 25.0 Å². The average molecular weight is 510 g/mol. The van der Waals surface area contributed by atoms with Crippen molar-refractivity contribution in [1.29, 1.82) is 0 Å². The zero-order valence-electron chi connectivity index (χ0n) is 20.8. The van der Waals surface area contributed by atoms with E-state index in [2.05, 4.69) is 4.98 Å². The summed E-state index contributed by atoms with van der Waals surface area (Å²) in [5, 5.41) is 24.2. The van der Waals surface area contributed by atoms with Gasteiger partial charge in [-0.05, 0) is 40.0 Å². The van der Waals surface area contributed by atoms with Crippen LogP contribution in [0.4, 0.5) is 4.39 Å². The number of halogens is 1. The van der Waals surface area contributed by atoms with Gasteiger partial charge in [0, 0.05) is 23.8 Å². The van der Waals surface area contributed by atoms with Gasteiger partial charge in [-0.25, -0.2) is 9.37 Å². The molecule has 3 rings (SSSR count). The van der Waals surface area contributed by atoms with Crippen LogP contribution in [0.3, 0.4) is 0 Å². The smallest absolute Gasteiger partial charge is 0.309 e. The number of hydrogen-bond donors (Lipinski definition) is 2. The molecular formula is C26H36FNO6S. The second kappa shape index (κ2) is 11.9. The van der Waals surface area contributed by atoms with Gasteiger partial charge in [-0.2, -0.15) is 0 Å². The summed E-state index contributed by atoms with van der Waals surface area (Å²) in [5.41, 5.74) is 0.243. The molecule has 1 aromatic heterocycles. The summed E-state index contributed by atoms with van der Waals surface area (Å²) in [6.45, 7) is 7.35. The largest absolute Gasteiger partial charge is 0.455 e. The van der Waals surface area contributed by atoms with Crippen molar-refractivity contribution >= 4 is 29.2 Å². The minimum absolute atomic E-state index is 0.110. The van der Waals surface area contributed by atoms with Crippen LogP contribution in [0.5, 0.6) is 0 Å². The van der Waals surface area contributed by atoms with Gasteiger partial charge in [0.05, 0.1) is 47.5 Å². The maximum Gasteiger partial charge on any atom is 0.309 e. The quantitative estimate of drug-likeness (QED) is 0.452. The fourth-order valence-electron chi connectivity index (χ4n) is 4.69. The fraction of sp³-hybridized carbons (Fsp3) is 0.654. The lowest BCUT2D eigenvalue weighted by molar-refractivity contribution is -0.163. The molecule has 2 heterocycles. The minimum Gasteiger partial charge on any atom is -0.455 e. The molecule has 1 fully saturated rings. The Balaban J connectivity index is 1.87. The lowest BCUT2D eigenvalue weighted by Gasteiger charge is -2.46. The molecule has 0 saturated heterocycles. The number of ether oxygens (including phenoxy) is 2. The molecule has 9 heteroatoms. The van der Waals surface area contributed by atoms with Crippen molar-refractivity contribution in [3.05, 3.63) is 33.6 Å². The van der Waals surface area contributed by atoms with Gasteiger partial charge in [0.25, 0.3) is 0 Å². The highest BCUT2D eigenvalue weighted by molar-refractivity contribution is 7.09. The normalized spacial score (nSPS) is 33.1. The van der Waals surface area contributed by atoms with E-state index in [0.717, 1.165) is 17.0 Å². The first kappa shape index (κ1) is 27.6. The molecule has 1 aliphatic carbocycles. The predicted octanol–water partition coefficient (Wildman–Crippen LogP) is 4.31. The lowest BCUT2D eigenvalue weighted by Crippen LogP contribution is -2.53. The molecule has 0 amide bonds. The molecule has 0 radical (unpaired) electrons. The van der Waals surface area contributed by atoms with Crippen molar-refractivity contribution in [3.63, 3.8) is 0 Å². The average Bonchev–Trinajstić information content (AvgIpc) is 3.18. The minimum atomic E-state index is -1.28. The molecule has 1 saturated carbocycles. The summed E-state index contributed by atoms with van der Waals surface area (Å²) in [6.07, 6.45) is 0.802. The molecule has 35 heavy (non-hydrogen) atoms. The van der Waals surface area contributed by atoms with Crippen molar-refractivity contribution in [1.82, 2.24) is 4.98 Å². The number of ketones is 1. The number of rotatable bonds is 2. The number of aliphatic hydroxyl groups is 2. The topological polar surface area (TPSA) is 106 Å². The van der Waals surface area contributed by atoms with E-state index < -0.39 is 54.0 Å². The fourth-order valence-corrected chi connectivity index (χ4v) is 5.26. The molecule has 1 spiro atoms. The van der Waals surface area contributed by atoms with Crippen LogP contribution in [0.25, 0.3) is 6.08 Å². The molecule has 1 aliphatic heterocycles. The molecule has 2 aliphatic rings. The summed E-state index contributed by atoms with van der Waals surface area (Å²) in [5.74, 6) is -2.46. The summed E-state index contributed by atoms with van der Waals surface area (Å²) in [7, 11) is 0. The summed E-state index contributed by atoms with van der Waals surface area (Å²) in [6, 6.07) is 0. The van der Waals surface area contributed by atoms with Gasteiger partial charge in [0.15, 0.2) is 6.10 Å². The van der Waals surface area contributed by atoms with Crippen LogP contribution < -0.4 is 0 Å². The van der Waals surface area contributed by atoms with Gasteiger partial charge in [0.1, 0.15) is 11.6 Å². The zero-order chi connectivity index (χ0) is 25.8. The number of thiazole rings is 1. The molecule has 194 valence electrons. The maximum atomic E-state index is 15.2. The summed E-state index contributed by atoms with van der Waals surface area (Å²) < 4.78 is 26.4. The number of cyclic esters (lactones) is 1. The van der Waals surface area contributed by atoms with E-state index in [4.69, 9.17) is 9.47 Å².